The van der Waals surface area contributed by atoms with E-state index < -0.39 is 0 Å². The minimum absolute atomic E-state index is 0.512. The van der Waals surface area contributed by atoms with Crippen LogP contribution in [0.15, 0.2) is 30.7 Å². The number of hydrogen-bond acceptors (Lipinski definition) is 3. The first kappa shape index (κ1) is 14.5. The molecule has 1 N–H and O–H groups in total. The van der Waals surface area contributed by atoms with Gasteiger partial charge < -0.3 is 14.3 Å². The Balaban J connectivity index is 1.45. The summed E-state index contributed by atoms with van der Waals surface area (Å²) in [6, 6.07) is 4.18. The molecule has 5 heteroatoms. The fourth-order valence-electron chi connectivity index (χ4n) is 3.61. The number of aromatic nitrogens is 4. The van der Waals surface area contributed by atoms with Crippen LogP contribution in [0.1, 0.15) is 41.5 Å². The molecule has 3 aromatic rings. The van der Waals surface area contributed by atoms with E-state index in [-0.39, 0.29) is 0 Å². The number of imidazole rings is 2. The van der Waals surface area contributed by atoms with E-state index in [2.05, 4.69) is 57.6 Å². The summed E-state index contributed by atoms with van der Waals surface area (Å²) in [5.74, 6) is 1.76. The summed E-state index contributed by atoms with van der Waals surface area (Å²) >= 11 is 0. The van der Waals surface area contributed by atoms with Crippen molar-refractivity contribution in [3.8, 4) is 0 Å². The summed E-state index contributed by atoms with van der Waals surface area (Å²) in [7, 11) is 0. The van der Waals surface area contributed by atoms with Gasteiger partial charge in [0.15, 0.2) is 0 Å². The van der Waals surface area contributed by atoms with Gasteiger partial charge in [0.25, 0.3) is 0 Å². The standard InChI is InChI=1S/C18H23N5/c1-13-5-3-8-23-16(11-20-17(13)23)10-19-9-15-6-4-7-22-12-14(2)21-18(15)22/h3,5,8,11-12,15,19H,4,6-7,9-10H2,1-2H3. The molecule has 4 rings (SSSR count). The van der Waals surface area contributed by atoms with Crippen molar-refractivity contribution in [2.75, 3.05) is 6.54 Å². The summed E-state index contributed by atoms with van der Waals surface area (Å²) in [4.78, 5) is 9.24. The Bertz CT molecular complexity index is 829. The molecule has 5 nitrogen and oxygen atoms in total. The summed E-state index contributed by atoms with van der Waals surface area (Å²) in [6.45, 7) is 7.09. The highest BCUT2D eigenvalue weighted by Gasteiger charge is 2.22. The molecule has 0 saturated carbocycles. The van der Waals surface area contributed by atoms with E-state index in [1.807, 2.05) is 6.20 Å². The first-order valence-corrected chi connectivity index (χ1v) is 8.38. The summed E-state index contributed by atoms with van der Waals surface area (Å²) in [5, 5.41) is 3.61. The Hall–Kier alpha value is -2.14. The topological polar surface area (TPSA) is 47.2 Å². The maximum atomic E-state index is 4.72. The van der Waals surface area contributed by atoms with E-state index in [4.69, 9.17) is 4.98 Å². The molecule has 0 bridgehead atoms. The average molecular weight is 309 g/mol. The van der Waals surface area contributed by atoms with Gasteiger partial charge in [0.05, 0.1) is 17.6 Å². The lowest BCUT2D eigenvalue weighted by molar-refractivity contribution is 0.422. The minimum Gasteiger partial charge on any atom is -0.334 e. The van der Waals surface area contributed by atoms with Crippen molar-refractivity contribution in [3.63, 3.8) is 0 Å². The number of fused-ring (bicyclic) bond motifs is 2. The highest BCUT2D eigenvalue weighted by Crippen LogP contribution is 2.26. The van der Waals surface area contributed by atoms with E-state index in [0.717, 1.165) is 31.0 Å². The van der Waals surface area contributed by atoms with Gasteiger partial charge in [-0.15, -0.1) is 0 Å². The van der Waals surface area contributed by atoms with Gasteiger partial charge in [0, 0.05) is 37.9 Å². The summed E-state index contributed by atoms with van der Waals surface area (Å²) < 4.78 is 4.50. The van der Waals surface area contributed by atoms with Gasteiger partial charge >= 0.3 is 0 Å². The summed E-state index contributed by atoms with van der Waals surface area (Å²) in [5.41, 5.74) is 4.60. The zero-order chi connectivity index (χ0) is 15.8. The van der Waals surface area contributed by atoms with E-state index in [0.29, 0.717) is 5.92 Å². The van der Waals surface area contributed by atoms with E-state index in [9.17, 15) is 0 Å². The molecule has 1 unspecified atom stereocenters. The van der Waals surface area contributed by atoms with Gasteiger partial charge in [-0.05, 0) is 38.3 Å². The lowest BCUT2D eigenvalue weighted by Gasteiger charge is -2.23. The van der Waals surface area contributed by atoms with Crippen molar-refractivity contribution in [3.05, 3.63) is 53.5 Å². The van der Waals surface area contributed by atoms with Crippen LogP contribution in [0.2, 0.25) is 0 Å². The van der Waals surface area contributed by atoms with Crippen molar-refractivity contribution < 1.29 is 0 Å². The largest absolute Gasteiger partial charge is 0.334 e. The number of nitrogens with one attached hydrogen (secondary N) is 1. The van der Waals surface area contributed by atoms with E-state index in [1.165, 1.54) is 29.9 Å². The van der Waals surface area contributed by atoms with Crippen molar-refractivity contribution in [2.45, 2.75) is 45.7 Å². The van der Waals surface area contributed by atoms with Crippen molar-refractivity contribution >= 4 is 5.65 Å². The Morgan fingerprint density at radius 2 is 2.26 bits per heavy atom. The Kier molecular flexibility index (Phi) is 3.65. The Morgan fingerprint density at radius 3 is 3.17 bits per heavy atom. The smallest absolute Gasteiger partial charge is 0.139 e. The number of hydrogen-bond donors (Lipinski definition) is 1. The third-order valence-corrected chi connectivity index (χ3v) is 4.75. The van der Waals surface area contributed by atoms with Crippen LogP contribution in [0.25, 0.3) is 5.65 Å². The lowest BCUT2D eigenvalue weighted by Crippen LogP contribution is -2.26. The summed E-state index contributed by atoms with van der Waals surface area (Å²) in [6.07, 6.45) is 8.69. The number of nitrogens with zero attached hydrogens (tertiary/aromatic N) is 4. The highest BCUT2D eigenvalue weighted by atomic mass is 15.1. The van der Waals surface area contributed by atoms with Gasteiger partial charge in [-0.25, -0.2) is 9.97 Å². The van der Waals surface area contributed by atoms with E-state index >= 15 is 0 Å². The first-order chi connectivity index (χ1) is 11.2. The van der Waals surface area contributed by atoms with Gasteiger partial charge in [-0.1, -0.05) is 6.07 Å². The quantitative estimate of drug-likeness (QED) is 0.806. The molecule has 0 aliphatic carbocycles. The monoisotopic (exact) mass is 309 g/mol. The number of aryl methyl sites for hydroxylation is 3. The second-order valence-electron chi connectivity index (χ2n) is 6.54. The molecule has 1 aliphatic heterocycles. The van der Waals surface area contributed by atoms with Crippen LogP contribution in [0, 0.1) is 13.8 Å². The maximum Gasteiger partial charge on any atom is 0.139 e. The molecule has 0 aromatic carbocycles. The van der Waals surface area contributed by atoms with Crippen molar-refractivity contribution in [1.29, 1.82) is 0 Å². The second kappa shape index (κ2) is 5.81. The maximum absolute atomic E-state index is 4.72. The third-order valence-electron chi connectivity index (χ3n) is 4.75. The predicted octanol–water partition coefficient (Wildman–Crippen LogP) is 2.81. The van der Waals surface area contributed by atoms with Crippen LogP contribution in [0.5, 0.6) is 0 Å². The minimum atomic E-state index is 0.512. The van der Waals surface area contributed by atoms with Crippen LogP contribution in [0.3, 0.4) is 0 Å². The molecule has 0 spiro atoms. The fraction of sp³-hybridized carbons (Fsp3) is 0.444. The third kappa shape index (κ3) is 2.65. The van der Waals surface area contributed by atoms with Gasteiger partial charge in [-0.2, -0.15) is 0 Å². The van der Waals surface area contributed by atoms with Crippen molar-refractivity contribution in [1.82, 2.24) is 24.3 Å². The van der Waals surface area contributed by atoms with Crippen LogP contribution in [-0.4, -0.2) is 25.5 Å². The second-order valence-corrected chi connectivity index (χ2v) is 6.54. The Labute approximate surface area is 136 Å². The first-order valence-electron chi connectivity index (χ1n) is 8.38. The molecule has 4 heterocycles. The lowest BCUT2D eigenvalue weighted by atomic mass is 9.99. The molecule has 0 saturated heterocycles. The zero-order valence-electron chi connectivity index (χ0n) is 13.8. The average Bonchev–Trinajstić information content (AvgIpc) is 3.12. The molecular weight excluding hydrogens is 286 g/mol. The van der Waals surface area contributed by atoms with Crippen LogP contribution >= 0.6 is 0 Å². The molecular formula is C18H23N5. The molecule has 0 radical (unpaired) electrons. The molecule has 0 fully saturated rings. The SMILES string of the molecule is Cc1cn2c(n1)C(CNCc1cnc3c(C)cccn13)CCC2. The zero-order valence-corrected chi connectivity index (χ0v) is 13.8. The van der Waals surface area contributed by atoms with Gasteiger partial charge in [0.2, 0.25) is 0 Å². The van der Waals surface area contributed by atoms with Crippen molar-refractivity contribution in [2.24, 2.45) is 0 Å². The highest BCUT2D eigenvalue weighted by molar-refractivity contribution is 5.48. The van der Waals surface area contributed by atoms with Crippen LogP contribution in [0.4, 0.5) is 0 Å². The predicted molar refractivity (Wildman–Crippen MR) is 90.6 cm³/mol. The normalized spacial score (nSPS) is 17.6. The van der Waals surface area contributed by atoms with E-state index in [1.54, 1.807) is 0 Å². The van der Waals surface area contributed by atoms with Gasteiger partial charge in [-0.3, -0.25) is 0 Å². The van der Waals surface area contributed by atoms with Gasteiger partial charge in [0.1, 0.15) is 11.5 Å². The van der Waals surface area contributed by atoms with Crippen LogP contribution < -0.4 is 5.32 Å². The molecule has 120 valence electrons. The molecule has 0 amide bonds. The fourth-order valence-corrected chi connectivity index (χ4v) is 3.61. The number of rotatable bonds is 4. The Morgan fingerprint density at radius 1 is 1.35 bits per heavy atom. The number of pyridine rings is 1. The molecule has 1 aliphatic rings. The molecule has 1 atom stereocenters. The molecule has 3 aromatic heterocycles. The van der Waals surface area contributed by atoms with Crippen LogP contribution in [-0.2, 0) is 13.1 Å². The molecule has 23 heavy (non-hydrogen) atoms.